The maximum atomic E-state index is 12.1. The topological polar surface area (TPSA) is 81.6 Å². The Morgan fingerprint density at radius 1 is 1.24 bits per heavy atom. The largest absolute Gasteiger partial charge is 0.355 e. The third kappa shape index (κ3) is 6.90. The smallest absolute Gasteiger partial charge is 0.263 e. The zero-order valence-electron chi connectivity index (χ0n) is 16.8. The molecule has 3 rings (SSSR count). The van der Waals surface area contributed by atoms with E-state index in [4.69, 9.17) is 0 Å². The summed E-state index contributed by atoms with van der Waals surface area (Å²) < 4.78 is 0. The molecule has 1 unspecified atom stereocenters. The van der Waals surface area contributed by atoms with Crippen molar-refractivity contribution < 1.29 is 4.79 Å². The van der Waals surface area contributed by atoms with Crippen LogP contribution < -0.4 is 16.0 Å². The fraction of sp³-hybridized carbons (Fsp3) is 0.526. The molecule has 1 atom stereocenters. The van der Waals surface area contributed by atoms with Gasteiger partial charge in [-0.05, 0) is 44.3 Å². The summed E-state index contributed by atoms with van der Waals surface area (Å²) in [5.74, 6) is 0.681. The lowest BCUT2D eigenvalue weighted by Crippen LogP contribution is -2.44. The molecule has 0 aromatic carbocycles. The predicted molar refractivity (Wildman–Crippen MR) is 132 cm³/mol. The second-order valence-electron chi connectivity index (χ2n) is 6.68. The molecule has 1 aliphatic rings. The number of halogens is 1. The third-order valence-corrected chi connectivity index (χ3v) is 6.70. The number of thiazole rings is 1. The first-order valence-electron chi connectivity index (χ1n) is 9.59. The highest BCUT2D eigenvalue weighted by molar-refractivity contribution is 14.0. The summed E-state index contributed by atoms with van der Waals surface area (Å²) in [5, 5.41) is 11.8. The van der Waals surface area contributed by atoms with Crippen LogP contribution in [0.25, 0.3) is 0 Å². The molecule has 0 spiro atoms. The van der Waals surface area contributed by atoms with E-state index in [2.05, 4.69) is 48.3 Å². The summed E-state index contributed by atoms with van der Waals surface area (Å²) in [6.45, 7) is 6.10. The van der Waals surface area contributed by atoms with E-state index in [0.29, 0.717) is 24.0 Å². The van der Waals surface area contributed by atoms with Crippen LogP contribution in [0.2, 0.25) is 0 Å². The van der Waals surface area contributed by atoms with E-state index in [0.717, 1.165) is 31.3 Å². The van der Waals surface area contributed by atoms with E-state index in [-0.39, 0.29) is 29.9 Å². The number of aliphatic imine (C=N–C) groups is 1. The molecule has 1 saturated heterocycles. The fourth-order valence-corrected chi connectivity index (χ4v) is 4.89. The van der Waals surface area contributed by atoms with E-state index in [9.17, 15) is 4.79 Å². The number of hydrogen-bond donors (Lipinski definition) is 3. The average molecular weight is 549 g/mol. The Balaban J connectivity index is 0.00000300. The van der Waals surface area contributed by atoms with Gasteiger partial charge in [0.1, 0.15) is 4.88 Å². The molecule has 29 heavy (non-hydrogen) atoms. The molecule has 2 aromatic rings. The van der Waals surface area contributed by atoms with Gasteiger partial charge in [-0.25, -0.2) is 4.98 Å². The molecule has 3 heterocycles. The van der Waals surface area contributed by atoms with Crippen molar-refractivity contribution in [1.82, 2.24) is 25.8 Å². The van der Waals surface area contributed by atoms with Gasteiger partial charge in [0.15, 0.2) is 5.96 Å². The van der Waals surface area contributed by atoms with Crippen molar-refractivity contribution in [2.75, 3.05) is 39.8 Å². The monoisotopic (exact) mass is 548 g/mol. The first-order chi connectivity index (χ1) is 13.7. The first-order valence-corrected chi connectivity index (χ1v) is 11.3. The minimum Gasteiger partial charge on any atom is -0.355 e. The van der Waals surface area contributed by atoms with Crippen molar-refractivity contribution in [1.29, 1.82) is 0 Å². The summed E-state index contributed by atoms with van der Waals surface area (Å²) in [6.07, 6.45) is 2.54. The fourth-order valence-electron chi connectivity index (χ4n) is 3.31. The Bertz CT molecular complexity index is 774. The highest BCUT2D eigenvalue weighted by atomic mass is 127. The normalized spacial score (nSPS) is 15.6. The quantitative estimate of drug-likeness (QED) is 0.205. The molecule has 1 fully saturated rings. The van der Waals surface area contributed by atoms with E-state index >= 15 is 0 Å². The number of guanidine groups is 1. The van der Waals surface area contributed by atoms with Gasteiger partial charge in [-0.2, -0.15) is 0 Å². The molecular formula is C19H29IN6OS2. The Morgan fingerprint density at radius 3 is 2.62 bits per heavy atom. The molecule has 0 saturated carbocycles. The van der Waals surface area contributed by atoms with Gasteiger partial charge < -0.3 is 16.0 Å². The molecule has 0 bridgehead atoms. The maximum Gasteiger partial charge on any atom is 0.263 e. The third-order valence-electron chi connectivity index (χ3n) is 4.79. The van der Waals surface area contributed by atoms with Gasteiger partial charge in [0.2, 0.25) is 0 Å². The number of likely N-dealkylation sites (tertiary alicyclic amines) is 1. The molecule has 0 aliphatic carbocycles. The van der Waals surface area contributed by atoms with Crippen molar-refractivity contribution in [3.8, 4) is 0 Å². The number of amides is 1. The van der Waals surface area contributed by atoms with Gasteiger partial charge in [-0.1, -0.05) is 6.07 Å². The van der Waals surface area contributed by atoms with Gasteiger partial charge in [0.05, 0.1) is 17.2 Å². The highest BCUT2D eigenvalue weighted by Crippen LogP contribution is 2.27. The minimum atomic E-state index is -0.0726. The Hall–Kier alpha value is -1.24. The average Bonchev–Trinajstić information content (AvgIpc) is 3.46. The number of carbonyl (C=O) groups excluding carboxylic acids is 1. The molecule has 0 radical (unpaired) electrons. The van der Waals surface area contributed by atoms with E-state index in [1.165, 1.54) is 29.1 Å². The zero-order valence-corrected chi connectivity index (χ0v) is 20.8. The van der Waals surface area contributed by atoms with Gasteiger partial charge in [0, 0.05) is 31.6 Å². The van der Waals surface area contributed by atoms with E-state index in [1.54, 1.807) is 12.6 Å². The Morgan fingerprint density at radius 2 is 2.00 bits per heavy atom. The number of rotatable bonds is 8. The van der Waals surface area contributed by atoms with Crippen LogP contribution in [-0.4, -0.2) is 61.5 Å². The van der Waals surface area contributed by atoms with E-state index < -0.39 is 0 Å². The predicted octanol–water partition coefficient (Wildman–Crippen LogP) is 2.86. The summed E-state index contributed by atoms with van der Waals surface area (Å²) >= 11 is 3.17. The first kappa shape index (κ1) is 24.0. The molecule has 7 nitrogen and oxygen atoms in total. The lowest BCUT2D eigenvalue weighted by molar-refractivity contribution is 0.0957. The lowest BCUT2D eigenvalue weighted by Gasteiger charge is -2.27. The van der Waals surface area contributed by atoms with Crippen LogP contribution in [-0.2, 0) is 0 Å². The van der Waals surface area contributed by atoms with Crippen molar-refractivity contribution in [3.05, 3.63) is 38.5 Å². The summed E-state index contributed by atoms with van der Waals surface area (Å²) in [5.41, 5.74) is 2.47. The van der Waals surface area contributed by atoms with Crippen molar-refractivity contribution in [2.24, 2.45) is 4.99 Å². The molecular weight excluding hydrogens is 519 g/mol. The molecule has 3 N–H and O–H groups in total. The van der Waals surface area contributed by atoms with Crippen molar-refractivity contribution in [3.63, 3.8) is 0 Å². The van der Waals surface area contributed by atoms with Gasteiger partial charge in [0.25, 0.3) is 5.91 Å². The van der Waals surface area contributed by atoms with E-state index in [1.807, 2.05) is 18.3 Å². The van der Waals surface area contributed by atoms with Crippen molar-refractivity contribution >= 4 is 58.5 Å². The number of aromatic nitrogens is 1. The van der Waals surface area contributed by atoms with Crippen LogP contribution in [0, 0.1) is 6.92 Å². The van der Waals surface area contributed by atoms with Crippen LogP contribution in [0.1, 0.15) is 39.1 Å². The minimum absolute atomic E-state index is 0. The van der Waals surface area contributed by atoms with Crippen LogP contribution in [0.3, 0.4) is 0 Å². The van der Waals surface area contributed by atoms with Gasteiger partial charge in [-0.3, -0.25) is 14.7 Å². The molecule has 1 aliphatic heterocycles. The van der Waals surface area contributed by atoms with Gasteiger partial charge in [-0.15, -0.1) is 46.7 Å². The number of nitrogens with one attached hydrogen (secondary N) is 3. The Labute approximate surface area is 197 Å². The van der Waals surface area contributed by atoms with Crippen LogP contribution in [0.5, 0.6) is 0 Å². The standard InChI is InChI=1S/C19H28N6OS2.HI/c1-14-17(28-13-24-14)18(26)21-7-8-22-19(20-2)23-12-15(16-6-5-11-27-16)25-9-3-4-10-25;/h5-6,11,13,15H,3-4,7-10,12H2,1-2H3,(H,21,26)(H2,20,22,23);1H. The molecule has 2 aromatic heterocycles. The van der Waals surface area contributed by atoms with Crippen LogP contribution in [0.4, 0.5) is 0 Å². The number of carbonyl (C=O) groups is 1. The Kier molecular flexibility index (Phi) is 10.3. The second-order valence-corrected chi connectivity index (χ2v) is 8.51. The lowest BCUT2D eigenvalue weighted by atomic mass is 10.2. The molecule has 10 heteroatoms. The van der Waals surface area contributed by atoms with Crippen LogP contribution >= 0.6 is 46.7 Å². The summed E-state index contributed by atoms with van der Waals surface area (Å²) in [6, 6.07) is 4.70. The van der Waals surface area contributed by atoms with Gasteiger partial charge >= 0.3 is 0 Å². The van der Waals surface area contributed by atoms with Crippen LogP contribution in [0.15, 0.2) is 28.0 Å². The number of hydrogen-bond acceptors (Lipinski definition) is 6. The number of aryl methyl sites for hydroxylation is 1. The maximum absolute atomic E-state index is 12.1. The SMILES string of the molecule is CN=C(NCCNC(=O)c1scnc1C)NCC(c1cccs1)N1CCCC1.I. The molecule has 160 valence electrons. The second kappa shape index (κ2) is 12.5. The summed E-state index contributed by atoms with van der Waals surface area (Å²) in [7, 11) is 1.77. The highest BCUT2D eigenvalue weighted by Gasteiger charge is 2.24. The molecule has 1 amide bonds. The number of nitrogens with zero attached hydrogens (tertiary/aromatic N) is 3. The van der Waals surface area contributed by atoms with Crippen molar-refractivity contribution in [2.45, 2.75) is 25.8 Å². The summed E-state index contributed by atoms with van der Waals surface area (Å²) in [4.78, 5) is 25.1. The number of thiophene rings is 1. The zero-order chi connectivity index (χ0) is 19.8.